The number of alkyl halides is 3. The fraction of sp³-hybridized carbons (Fsp3) is 0.294. The lowest BCUT2D eigenvalue weighted by molar-refractivity contribution is -0.385. The lowest BCUT2D eigenvalue weighted by Gasteiger charge is -2.17. The predicted molar refractivity (Wildman–Crippen MR) is 98.5 cm³/mol. The maximum atomic E-state index is 12.7. The molecule has 2 aromatic rings. The first-order valence-electron chi connectivity index (χ1n) is 7.83. The molecule has 5 nitrogen and oxygen atoms in total. The van der Waals surface area contributed by atoms with Gasteiger partial charge in [0.05, 0.1) is 29.8 Å². The highest BCUT2D eigenvalue weighted by atomic mass is 35.5. The van der Waals surface area contributed by atoms with E-state index in [4.69, 9.17) is 21.1 Å². The maximum absolute atomic E-state index is 12.7. The quantitative estimate of drug-likeness (QED) is 0.312. The monoisotopic (exact) mass is 419 g/mol. The third-order valence-electron chi connectivity index (χ3n) is 3.28. The number of halogens is 4. The van der Waals surface area contributed by atoms with E-state index in [1.165, 1.54) is 18.2 Å². The third-order valence-corrected chi connectivity index (χ3v) is 4.58. The highest BCUT2D eigenvalue weighted by Crippen LogP contribution is 2.38. The lowest BCUT2D eigenvalue weighted by atomic mass is 10.2. The molecule has 0 atom stereocenters. The molecule has 0 N–H and O–H groups in total. The smallest absolute Gasteiger partial charge is 0.416 e. The fourth-order valence-electron chi connectivity index (χ4n) is 2.01. The molecule has 27 heavy (non-hydrogen) atoms. The number of nitro benzene ring substituents is 1. The summed E-state index contributed by atoms with van der Waals surface area (Å²) in [5.41, 5.74) is -1.12. The largest absolute Gasteiger partial charge is 0.491 e. The molecule has 2 rings (SSSR count). The summed E-state index contributed by atoms with van der Waals surface area (Å²) >= 11 is 5.87. The Kier molecular flexibility index (Phi) is 6.06. The SMILES string of the molecule is C[Si](C)(C)COc1cc(Oc2ccc(C(F)(F)F)cc2Cl)ccc1[N+](=O)[O-]. The Morgan fingerprint density at radius 1 is 1.11 bits per heavy atom. The van der Waals surface area contributed by atoms with E-state index in [-0.39, 0.29) is 28.0 Å². The molecule has 0 bridgehead atoms. The van der Waals surface area contributed by atoms with Crippen LogP contribution in [0.2, 0.25) is 24.7 Å². The molecular formula is C17H17ClF3NO4Si. The normalized spacial score (nSPS) is 12.0. The Morgan fingerprint density at radius 3 is 2.30 bits per heavy atom. The predicted octanol–water partition coefficient (Wildman–Crippen LogP) is 6.32. The van der Waals surface area contributed by atoms with Gasteiger partial charge in [-0.1, -0.05) is 31.2 Å². The Hall–Kier alpha value is -2.26. The summed E-state index contributed by atoms with van der Waals surface area (Å²) in [7, 11) is -1.64. The van der Waals surface area contributed by atoms with Crippen LogP contribution < -0.4 is 9.47 Å². The average molecular weight is 420 g/mol. The van der Waals surface area contributed by atoms with Gasteiger partial charge < -0.3 is 9.47 Å². The van der Waals surface area contributed by atoms with E-state index in [0.717, 1.165) is 18.2 Å². The molecule has 10 heteroatoms. The summed E-state index contributed by atoms with van der Waals surface area (Å²) in [6.45, 7) is 6.13. The van der Waals surface area contributed by atoms with Gasteiger partial charge in [0.15, 0.2) is 0 Å². The molecule has 146 valence electrons. The van der Waals surface area contributed by atoms with Gasteiger partial charge in [0.2, 0.25) is 5.75 Å². The molecule has 0 radical (unpaired) electrons. The zero-order chi connectivity index (χ0) is 20.4. The second-order valence-electron chi connectivity index (χ2n) is 6.98. The summed E-state index contributed by atoms with van der Waals surface area (Å²) < 4.78 is 49.2. The van der Waals surface area contributed by atoms with Crippen molar-refractivity contribution in [2.45, 2.75) is 25.8 Å². The van der Waals surface area contributed by atoms with Gasteiger partial charge in [-0.05, 0) is 24.3 Å². The molecule has 0 aliphatic carbocycles. The van der Waals surface area contributed by atoms with Crippen LogP contribution in [-0.4, -0.2) is 19.2 Å². The van der Waals surface area contributed by atoms with E-state index >= 15 is 0 Å². The van der Waals surface area contributed by atoms with Crippen molar-refractivity contribution in [2.24, 2.45) is 0 Å². The average Bonchev–Trinajstić information content (AvgIpc) is 2.53. The minimum atomic E-state index is -4.52. The van der Waals surface area contributed by atoms with Crippen LogP contribution in [0.4, 0.5) is 18.9 Å². The maximum Gasteiger partial charge on any atom is 0.416 e. The van der Waals surface area contributed by atoms with Crippen LogP contribution in [0, 0.1) is 10.1 Å². The van der Waals surface area contributed by atoms with Crippen molar-refractivity contribution in [3.8, 4) is 17.2 Å². The molecular weight excluding hydrogens is 403 g/mol. The Labute approximate surface area is 159 Å². The second kappa shape index (κ2) is 7.77. The van der Waals surface area contributed by atoms with Crippen molar-refractivity contribution in [3.63, 3.8) is 0 Å². The minimum absolute atomic E-state index is 0.00494. The number of rotatable bonds is 6. The third kappa shape index (κ3) is 5.86. The van der Waals surface area contributed by atoms with E-state index in [1.807, 2.05) is 19.6 Å². The number of nitrogens with zero attached hydrogens (tertiary/aromatic N) is 1. The highest BCUT2D eigenvalue weighted by Gasteiger charge is 2.31. The molecule has 0 heterocycles. The summed E-state index contributed by atoms with van der Waals surface area (Å²) in [6.07, 6.45) is -4.16. The van der Waals surface area contributed by atoms with Crippen LogP contribution >= 0.6 is 11.6 Å². The van der Waals surface area contributed by atoms with E-state index in [0.29, 0.717) is 6.23 Å². The van der Waals surface area contributed by atoms with E-state index < -0.39 is 24.7 Å². The molecule has 0 fully saturated rings. The van der Waals surface area contributed by atoms with Gasteiger partial charge in [-0.3, -0.25) is 10.1 Å². The molecule has 0 unspecified atom stereocenters. The Morgan fingerprint density at radius 2 is 1.78 bits per heavy atom. The van der Waals surface area contributed by atoms with Crippen LogP contribution in [-0.2, 0) is 6.18 Å². The van der Waals surface area contributed by atoms with Crippen LogP contribution in [0.15, 0.2) is 36.4 Å². The van der Waals surface area contributed by atoms with Crippen molar-refractivity contribution < 1.29 is 27.6 Å². The first-order valence-corrected chi connectivity index (χ1v) is 11.9. The molecule has 0 saturated carbocycles. The van der Waals surface area contributed by atoms with Crippen molar-refractivity contribution in [1.29, 1.82) is 0 Å². The Balaban J connectivity index is 2.30. The molecule has 2 aromatic carbocycles. The van der Waals surface area contributed by atoms with Crippen LogP contribution in [0.25, 0.3) is 0 Å². The standard InChI is InChI=1S/C17H17ClF3NO4Si/c1-27(2,3)10-25-16-9-12(5-6-14(16)22(23)24)26-15-7-4-11(8-13(15)18)17(19,20)21/h4-9H,10H2,1-3H3. The van der Waals surface area contributed by atoms with Gasteiger partial charge >= 0.3 is 11.9 Å². The number of hydrogen-bond donors (Lipinski definition) is 0. The molecule has 0 aliphatic heterocycles. The van der Waals surface area contributed by atoms with Gasteiger partial charge in [-0.25, -0.2) is 0 Å². The van der Waals surface area contributed by atoms with Crippen molar-refractivity contribution in [3.05, 3.63) is 57.1 Å². The van der Waals surface area contributed by atoms with E-state index in [1.54, 1.807) is 0 Å². The van der Waals surface area contributed by atoms with Gasteiger partial charge in [-0.15, -0.1) is 0 Å². The summed E-state index contributed by atoms with van der Waals surface area (Å²) in [5.74, 6) is 0.186. The van der Waals surface area contributed by atoms with Crippen LogP contribution in [0.1, 0.15) is 5.56 Å². The molecule has 0 aliphatic rings. The number of benzene rings is 2. The topological polar surface area (TPSA) is 61.6 Å². The second-order valence-corrected chi connectivity index (χ2v) is 12.8. The highest BCUT2D eigenvalue weighted by molar-refractivity contribution is 6.76. The van der Waals surface area contributed by atoms with Crippen LogP contribution in [0.5, 0.6) is 17.2 Å². The van der Waals surface area contributed by atoms with Gasteiger partial charge in [0, 0.05) is 12.1 Å². The van der Waals surface area contributed by atoms with Gasteiger partial charge in [0.25, 0.3) is 0 Å². The first kappa shape index (κ1) is 21.0. The summed E-state index contributed by atoms with van der Waals surface area (Å²) in [5, 5.41) is 10.9. The van der Waals surface area contributed by atoms with Crippen molar-refractivity contribution >= 4 is 25.4 Å². The van der Waals surface area contributed by atoms with Crippen molar-refractivity contribution in [1.82, 2.24) is 0 Å². The Bertz CT molecular complexity index is 853. The first-order chi connectivity index (χ1) is 12.4. The summed E-state index contributed by atoms with van der Waals surface area (Å²) in [4.78, 5) is 10.6. The summed E-state index contributed by atoms with van der Waals surface area (Å²) in [6, 6.07) is 6.56. The molecule has 0 saturated heterocycles. The van der Waals surface area contributed by atoms with Gasteiger partial charge in [0.1, 0.15) is 11.5 Å². The molecule has 0 amide bonds. The van der Waals surface area contributed by atoms with Crippen LogP contribution in [0.3, 0.4) is 0 Å². The van der Waals surface area contributed by atoms with Crippen molar-refractivity contribution in [2.75, 3.05) is 6.23 Å². The minimum Gasteiger partial charge on any atom is -0.491 e. The number of ether oxygens (including phenoxy) is 2. The lowest BCUT2D eigenvalue weighted by Crippen LogP contribution is -2.30. The fourth-order valence-corrected chi connectivity index (χ4v) is 2.81. The molecule has 0 aromatic heterocycles. The zero-order valence-electron chi connectivity index (χ0n) is 14.8. The van der Waals surface area contributed by atoms with E-state index in [2.05, 4.69) is 0 Å². The molecule has 0 spiro atoms. The van der Waals surface area contributed by atoms with E-state index in [9.17, 15) is 23.3 Å². The number of nitro groups is 1. The number of hydrogen-bond acceptors (Lipinski definition) is 4. The zero-order valence-corrected chi connectivity index (χ0v) is 16.5. The van der Waals surface area contributed by atoms with Gasteiger partial charge in [-0.2, -0.15) is 13.2 Å².